The third kappa shape index (κ3) is 3.37. The molecule has 2 aromatic carbocycles. The molecule has 4 rings (SSSR count). The number of hydrogen-bond donors (Lipinski definition) is 1. The van der Waals surface area contributed by atoms with Gasteiger partial charge < -0.3 is 9.73 Å². The Morgan fingerprint density at radius 1 is 1.15 bits per heavy atom. The highest BCUT2D eigenvalue weighted by Gasteiger charge is 2.15. The van der Waals surface area contributed by atoms with Crippen LogP contribution < -0.4 is 10.7 Å². The summed E-state index contributed by atoms with van der Waals surface area (Å²) in [5, 5.41) is 6.44. The molecule has 27 heavy (non-hydrogen) atoms. The Kier molecular flexibility index (Phi) is 4.99. The highest BCUT2D eigenvalue weighted by atomic mass is 35.5. The minimum Gasteiger partial charge on any atom is -0.453 e. The van der Waals surface area contributed by atoms with Gasteiger partial charge in [-0.05, 0) is 31.9 Å². The van der Waals surface area contributed by atoms with Crippen molar-refractivity contribution in [3.05, 3.63) is 53.4 Å². The number of halogens is 1. The van der Waals surface area contributed by atoms with E-state index in [1.165, 1.54) is 0 Å². The fourth-order valence-corrected chi connectivity index (χ4v) is 3.48. The average Bonchev–Trinajstić information content (AvgIpc) is 2.68. The second-order valence-electron chi connectivity index (χ2n) is 6.59. The first kappa shape index (κ1) is 17.8. The van der Waals surface area contributed by atoms with E-state index >= 15 is 0 Å². The number of nitrogens with zero attached hydrogens (tertiary/aromatic N) is 2. The minimum absolute atomic E-state index is 0.609. The summed E-state index contributed by atoms with van der Waals surface area (Å²) in [4.78, 5) is 9.65. The van der Waals surface area contributed by atoms with Gasteiger partial charge in [0.2, 0.25) is 0 Å². The lowest BCUT2D eigenvalue weighted by molar-refractivity contribution is 0.613. The monoisotopic (exact) mass is 379 g/mol. The summed E-state index contributed by atoms with van der Waals surface area (Å²) in [6.45, 7) is 5.73. The van der Waals surface area contributed by atoms with Crippen molar-refractivity contribution in [2.75, 3.05) is 24.3 Å². The lowest BCUT2D eigenvalue weighted by Crippen LogP contribution is -2.08. The Bertz CT molecular complexity index is 1150. The van der Waals surface area contributed by atoms with Gasteiger partial charge in [0.25, 0.3) is 0 Å². The molecule has 2 aromatic rings. The van der Waals surface area contributed by atoms with Crippen LogP contribution in [-0.2, 0) is 0 Å². The van der Waals surface area contributed by atoms with Gasteiger partial charge in [0, 0.05) is 47.6 Å². The minimum atomic E-state index is 0.609. The zero-order valence-corrected chi connectivity index (χ0v) is 16.3. The van der Waals surface area contributed by atoms with Crippen LogP contribution in [0.2, 0.25) is 0 Å². The molecule has 0 saturated heterocycles. The molecule has 1 N–H and O–H groups in total. The van der Waals surface area contributed by atoms with Gasteiger partial charge >= 0.3 is 0 Å². The molecule has 1 aliphatic heterocycles. The molecule has 138 valence electrons. The van der Waals surface area contributed by atoms with E-state index in [4.69, 9.17) is 26.0 Å². The average molecular weight is 380 g/mol. The van der Waals surface area contributed by atoms with E-state index in [9.17, 15) is 0 Å². The number of hydrogen-bond acceptors (Lipinski definition) is 4. The molecule has 0 fully saturated rings. The van der Waals surface area contributed by atoms with Gasteiger partial charge in [-0.15, -0.1) is 11.6 Å². The Hall–Kier alpha value is -2.59. The summed E-state index contributed by atoms with van der Waals surface area (Å²) in [6, 6.07) is 14.3. The summed E-state index contributed by atoms with van der Waals surface area (Å²) in [5.74, 6) is 1.36. The molecule has 2 aliphatic rings. The maximum Gasteiger partial charge on any atom is 0.155 e. The Labute approximate surface area is 163 Å². The fourth-order valence-electron chi connectivity index (χ4n) is 3.36. The van der Waals surface area contributed by atoms with E-state index in [2.05, 4.69) is 37.4 Å². The number of nitrogens with one attached hydrogen (secondary N) is 1. The smallest absolute Gasteiger partial charge is 0.155 e. The number of aryl methyl sites for hydroxylation is 1. The maximum absolute atomic E-state index is 6.25. The second kappa shape index (κ2) is 7.57. The number of alkyl halides is 1. The molecular weight excluding hydrogens is 358 g/mol. The molecule has 1 aliphatic carbocycles. The molecule has 0 amide bonds. The maximum atomic E-state index is 6.25. The number of fused-ring (bicyclic) bond motifs is 4. The topological polar surface area (TPSA) is 50.4 Å². The van der Waals surface area contributed by atoms with Crippen molar-refractivity contribution in [2.24, 2.45) is 4.99 Å². The summed E-state index contributed by atoms with van der Waals surface area (Å²) in [6.07, 6.45) is 0.854. The molecule has 4 nitrogen and oxygen atoms in total. The zero-order chi connectivity index (χ0) is 18.8. The Morgan fingerprint density at radius 3 is 2.74 bits per heavy atom. The van der Waals surface area contributed by atoms with Gasteiger partial charge in [-0.2, -0.15) is 0 Å². The SMILES string of the molecule is CCNc1cc2oc3cc(=NCCCCl)c4ccccc4c-3nc2cc1C. The number of aromatic nitrogens is 1. The highest BCUT2D eigenvalue weighted by Crippen LogP contribution is 2.32. The van der Waals surface area contributed by atoms with Crippen LogP contribution in [0.4, 0.5) is 5.69 Å². The van der Waals surface area contributed by atoms with Crippen molar-refractivity contribution in [1.29, 1.82) is 0 Å². The number of rotatable bonds is 5. The van der Waals surface area contributed by atoms with Crippen LogP contribution in [-0.4, -0.2) is 24.0 Å². The molecule has 1 heterocycles. The molecule has 0 unspecified atom stereocenters. The van der Waals surface area contributed by atoms with E-state index in [0.717, 1.165) is 62.9 Å². The second-order valence-corrected chi connectivity index (χ2v) is 6.97. The molecule has 0 spiro atoms. The number of benzene rings is 3. The summed E-state index contributed by atoms with van der Waals surface area (Å²) < 4.78 is 6.25. The first-order valence-electron chi connectivity index (χ1n) is 9.28. The Balaban J connectivity index is 2.01. The lowest BCUT2D eigenvalue weighted by atomic mass is 10.0. The van der Waals surface area contributed by atoms with Gasteiger partial charge in [-0.1, -0.05) is 24.3 Å². The van der Waals surface area contributed by atoms with Crippen molar-refractivity contribution in [3.63, 3.8) is 0 Å². The largest absolute Gasteiger partial charge is 0.453 e. The predicted molar refractivity (Wildman–Crippen MR) is 113 cm³/mol. The van der Waals surface area contributed by atoms with Crippen LogP contribution >= 0.6 is 11.6 Å². The predicted octanol–water partition coefficient (Wildman–Crippen LogP) is 5.36. The molecule has 0 radical (unpaired) electrons. The van der Waals surface area contributed by atoms with E-state index in [-0.39, 0.29) is 0 Å². The Morgan fingerprint density at radius 2 is 1.96 bits per heavy atom. The summed E-state index contributed by atoms with van der Waals surface area (Å²) >= 11 is 5.81. The van der Waals surface area contributed by atoms with Crippen LogP contribution in [0.25, 0.3) is 33.3 Å². The van der Waals surface area contributed by atoms with Crippen molar-refractivity contribution in [1.82, 2.24) is 4.98 Å². The van der Waals surface area contributed by atoms with Gasteiger partial charge in [0.15, 0.2) is 11.3 Å². The van der Waals surface area contributed by atoms with E-state index in [1.807, 2.05) is 24.3 Å². The van der Waals surface area contributed by atoms with Crippen molar-refractivity contribution >= 4 is 39.2 Å². The third-order valence-electron chi connectivity index (χ3n) is 4.66. The number of anilines is 1. The van der Waals surface area contributed by atoms with Crippen LogP contribution in [0, 0.1) is 6.92 Å². The van der Waals surface area contributed by atoms with E-state index in [0.29, 0.717) is 12.4 Å². The van der Waals surface area contributed by atoms with Crippen LogP contribution in [0.3, 0.4) is 0 Å². The van der Waals surface area contributed by atoms with E-state index < -0.39 is 0 Å². The van der Waals surface area contributed by atoms with Gasteiger partial charge in [-0.3, -0.25) is 4.99 Å². The normalized spacial score (nSPS) is 12.3. The molecule has 0 atom stereocenters. The van der Waals surface area contributed by atoms with Gasteiger partial charge in [0.05, 0.1) is 5.36 Å². The molecule has 5 heteroatoms. The summed E-state index contributed by atoms with van der Waals surface area (Å²) in [5.41, 5.74) is 4.72. The lowest BCUT2D eigenvalue weighted by Gasteiger charge is -2.13. The summed E-state index contributed by atoms with van der Waals surface area (Å²) in [7, 11) is 0. The standard InChI is InChI=1S/C22H22ClN3O/c1-3-24-17-12-20-19(11-14(17)2)26-22-16-8-5-4-7-15(16)18(13-21(22)27-20)25-10-6-9-23/h4-5,7-8,11-13,24H,3,6,9-10H2,1-2H3. The van der Waals surface area contributed by atoms with Gasteiger partial charge in [-0.25, -0.2) is 4.98 Å². The van der Waals surface area contributed by atoms with Crippen LogP contribution in [0.5, 0.6) is 0 Å². The van der Waals surface area contributed by atoms with Crippen molar-refractivity contribution in [3.8, 4) is 11.5 Å². The third-order valence-corrected chi connectivity index (χ3v) is 4.93. The van der Waals surface area contributed by atoms with E-state index in [1.54, 1.807) is 0 Å². The molecular formula is C22H22ClN3O. The van der Waals surface area contributed by atoms with Crippen molar-refractivity contribution < 1.29 is 4.42 Å². The first-order chi connectivity index (χ1) is 13.2. The van der Waals surface area contributed by atoms with Crippen LogP contribution in [0.15, 0.2) is 51.9 Å². The van der Waals surface area contributed by atoms with Crippen molar-refractivity contribution in [2.45, 2.75) is 20.3 Å². The quantitative estimate of drug-likeness (QED) is 0.220. The van der Waals surface area contributed by atoms with Crippen LogP contribution in [0.1, 0.15) is 18.9 Å². The van der Waals surface area contributed by atoms with Gasteiger partial charge in [0.1, 0.15) is 11.2 Å². The molecule has 0 aromatic heterocycles. The fraction of sp³-hybridized carbons (Fsp3) is 0.273. The first-order valence-corrected chi connectivity index (χ1v) is 9.82. The molecule has 0 saturated carbocycles. The molecule has 0 bridgehead atoms. The zero-order valence-electron chi connectivity index (χ0n) is 15.6. The highest BCUT2D eigenvalue weighted by molar-refractivity contribution is 6.17.